The summed E-state index contributed by atoms with van der Waals surface area (Å²) in [6.07, 6.45) is 3.80. The van der Waals surface area contributed by atoms with E-state index in [2.05, 4.69) is 12.1 Å². The molecular formula is C10H13NO3. The van der Waals surface area contributed by atoms with Crippen molar-refractivity contribution in [3.63, 3.8) is 0 Å². The van der Waals surface area contributed by atoms with Crippen LogP contribution in [-0.4, -0.2) is 16.2 Å². The van der Waals surface area contributed by atoms with Gasteiger partial charge in [0.1, 0.15) is 5.76 Å². The highest BCUT2D eigenvalue weighted by molar-refractivity contribution is 5.87. The molecule has 0 aliphatic heterocycles. The van der Waals surface area contributed by atoms with Gasteiger partial charge in [-0.2, -0.15) is 0 Å². The van der Waals surface area contributed by atoms with Crippen LogP contribution in [0.1, 0.15) is 41.6 Å². The monoisotopic (exact) mass is 195 g/mol. The summed E-state index contributed by atoms with van der Waals surface area (Å²) in [6.45, 7) is 2.13. The Labute approximate surface area is 81.9 Å². The summed E-state index contributed by atoms with van der Waals surface area (Å²) in [4.78, 5) is 10.8. The number of fused-ring (bicyclic) bond motifs is 1. The predicted octanol–water partition coefficient (Wildman–Crippen LogP) is 1.89. The summed E-state index contributed by atoms with van der Waals surface area (Å²) >= 11 is 0. The maximum Gasteiger partial charge on any atom is 0.358 e. The standard InChI is InChI=1S/C10H13NO3/c1-2-6-3-4-8-7(5-6)9(10(12)13)11-14-8/h6H,2-5H2,1H3,(H,12,13)/t6-/m0/s1. The molecule has 0 aromatic carbocycles. The molecule has 0 saturated heterocycles. The molecule has 1 aromatic heterocycles. The van der Waals surface area contributed by atoms with Gasteiger partial charge in [-0.15, -0.1) is 0 Å². The number of hydrogen-bond acceptors (Lipinski definition) is 3. The number of carboxylic acid groups (broad SMARTS) is 1. The molecule has 1 heterocycles. The van der Waals surface area contributed by atoms with Gasteiger partial charge in [0.2, 0.25) is 0 Å². The molecule has 0 amide bonds. The zero-order chi connectivity index (χ0) is 10.1. The zero-order valence-corrected chi connectivity index (χ0v) is 8.12. The van der Waals surface area contributed by atoms with Crippen molar-refractivity contribution in [1.82, 2.24) is 5.16 Å². The largest absolute Gasteiger partial charge is 0.476 e. The van der Waals surface area contributed by atoms with E-state index in [4.69, 9.17) is 9.63 Å². The van der Waals surface area contributed by atoms with Crippen molar-refractivity contribution in [3.8, 4) is 0 Å². The summed E-state index contributed by atoms with van der Waals surface area (Å²) < 4.78 is 5.01. The number of aryl methyl sites for hydroxylation is 1. The van der Waals surface area contributed by atoms with Crippen LogP contribution in [-0.2, 0) is 12.8 Å². The lowest BCUT2D eigenvalue weighted by Crippen LogP contribution is -2.14. The van der Waals surface area contributed by atoms with Gasteiger partial charge in [-0.1, -0.05) is 18.5 Å². The van der Waals surface area contributed by atoms with Crippen LogP contribution in [0.2, 0.25) is 0 Å². The molecule has 2 rings (SSSR count). The lowest BCUT2D eigenvalue weighted by atomic mass is 9.85. The lowest BCUT2D eigenvalue weighted by Gasteiger charge is -2.18. The Hall–Kier alpha value is -1.32. The van der Waals surface area contributed by atoms with Crippen LogP contribution in [0.15, 0.2) is 4.52 Å². The Morgan fingerprint density at radius 1 is 1.71 bits per heavy atom. The van der Waals surface area contributed by atoms with Crippen molar-refractivity contribution in [1.29, 1.82) is 0 Å². The molecule has 76 valence electrons. The van der Waals surface area contributed by atoms with Crippen molar-refractivity contribution in [3.05, 3.63) is 17.0 Å². The molecule has 1 N–H and O–H groups in total. The van der Waals surface area contributed by atoms with Gasteiger partial charge in [-0.25, -0.2) is 4.79 Å². The molecule has 1 aromatic rings. The van der Waals surface area contributed by atoms with Crippen molar-refractivity contribution in [2.45, 2.75) is 32.6 Å². The van der Waals surface area contributed by atoms with E-state index in [1.807, 2.05) is 0 Å². The van der Waals surface area contributed by atoms with E-state index in [9.17, 15) is 4.79 Å². The fraction of sp³-hybridized carbons (Fsp3) is 0.600. The molecule has 14 heavy (non-hydrogen) atoms. The minimum Gasteiger partial charge on any atom is -0.476 e. The topological polar surface area (TPSA) is 63.3 Å². The molecule has 1 atom stereocenters. The molecule has 4 nitrogen and oxygen atoms in total. The maximum absolute atomic E-state index is 10.8. The fourth-order valence-corrected chi connectivity index (χ4v) is 1.99. The summed E-state index contributed by atoms with van der Waals surface area (Å²) in [5.74, 6) is 0.374. The number of aromatic carboxylic acids is 1. The quantitative estimate of drug-likeness (QED) is 0.782. The van der Waals surface area contributed by atoms with E-state index < -0.39 is 5.97 Å². The van der Waals surface area contributed by atoms with Gasteiger partial charge in [0, 0.05) is 12.0 Å². The summed E-state index contributed by atoms with van der Waals surface area (Å²) in [7, 11) is 0. The predicted molar refractivity (Wildman–Crippen MR) is 49.3 cm³/mol. The van der Waals surface area contributed by atoms with Crippen LogP contribution in [0, 0.1) is 5.92 Å². The molecular weight excluding hydrogens is 182 g/mol. The van der Waals surface area contributed by atoms with Crippen LogP contribution < -0.4 is 0 Å². The minimum atomic E-state index is -0.980. The number of carboxylic acids is 1. The Bertz CT molecular complexity index is 356. The number of nitrogens with zero attached hydrogens (tertiary/aromatic N) is 1. The van der Waals surface area contributed by atoms with Crippen LogP contribution in [0.4, 0.5) is 0 Å². The van der Waals surface area contributed by atoms with Gasteiger partial charge in [0.05, 0.1) is 0 Å². The summed E-state index contributed by atoms with van der Waals surface area (Å²) in [6, 6.07) is 0. The normalized spacial score (nSPS) is 20.5. The van der Waals surface area contributed by atoms with E-state index in [1.54, 1.807) is 0 Å². The zero-order valence-electron chi connectivity index (χ0n) is 8.12. The number of carbonyl (C=O) groups is 1. The minimum absolute atomic E-state index is 0.109. The van der Waals surface area contributed by atoms with E-state index in [0.29, 0.717) is 5.92 Å². The number of aromatic nitrogens is 1. The molecule has 1 aliphatic rings. The molecule has 0 unspecified atom stereocenters. The van der Waals surface area contributed by atoms with Crippen LogP contribution in [0.5, 0.6) is 0 Å². The van der Waals surface area contributed by atoms with E-state index >= 15 is 0 Å². The third-order valence-electron chi connectivity index (χ3n) is 2.92. The SMILES string of the molecule is CC[C@H]1CCc2onc(C(=O)O)c2C1. The highest BCUT2D eigenvalue weighted by atomic mass is 16.5. The Kier molecular flexibility index (Phi) is 2.27. The van der Waals surface area contributed by atoms with E-state index in [1.165, 1.54) is 0 Å². The molecule has 4 heteroatoms. The average molecular weight is 195 g/mol. The van der Waals surface area contributed by atoms with Crippen molar-refractivity contribution in [2.75, 3.05) is 0 Å². The van der Waals surface area contributed by atoms with Gasteiger partial charge in [0.25, 0.3) is 0 Å². The number of rotatable bonds is 2. The molecule has 0 spiro atoms. The third-order valence-corrected chi connectivity index (χ3v) is 2.92. The number of hydrogen-bond donors (Lipinski definition) is 1. The van der Waals surface area contributed by atoms with Crippen molar-refractivity contribution < 1.29 is 14.4 Å². The fourth-order valence-electron chi connectivity index (χ4n) is 1.99. The first-order chi connectivity index (χ1) is 6.72. The first kappa shape index (κ1) is 9.24. The van der Waals surface area contributed by atoms with Gasteiger partial charge < -0.3 is 9.63 Å². The van der Waals surface area contributed by atoms with Crippen LogP contribution >= 0.6 is 0 Å². The molecule has 0 fully saturated rings. The lowest BCUT2D eigenvalue weighted by molar-refractivity contribution is 0.0684. The van der Waals surface area contributed by atoms with E-state index in [-0.39, 0.29) is 5.69 Å². The Balaban J connectivity index is 2.32. The first-order valence-corrected chi connectivity index (χ1v) is 4.93. The molecule has 0 bridgehead atoms. The second kappa shape index (κ2) is 3.44. The van der Waals surface area contributed by atoms with Crippen LogP contribution in [0.3, 0.4) is 0 Å². The smallest absolute Gasteiger partial charge is 0.358 e. The van der Waals surface area contributed by atoms with Crippen molar-refractivity contribution in [2.24, 2.45) is 5.92 Å². The second-order valence-corrected chi connectivity index (χ2v) is 3.76. The highest BCUT2D eigenvalue weighted by Crippen LogP contribution is 2.29. The van der Waals surface area contributed by atoms with Gasteiger partial charge in [0.15, 0.2) is 5.69 Å². The first-order valence-electron chi connectivity index (χ1n) is 4.93. The van der Waals surface area contributed by atoms with Crippen molar-refractivity contribution >= 4 is 5.97 Å². The van der Waals surface area contributed by atoms with E-state index in [0.717, 1.165) is 37.0 Å². The molecule has 0 radical (unpaired) electrons. The maximum atomic E-state index is 10.8. The van der Waals surface area contributed by atoms with Gasteiger partial charge >= 0.3 is 5.97 Å². The third kappa shape index (κ3) is 1.41. The van der Waals surface area contributed by atoms with Crippen LogP contribution in [0.25, 0.3) is 0 Å². The summed E-state index contributed by atoms with van der Waals surface area (Å²) in [5, 5.41) is 12.5. The van der Waals surface area contributed by atoms with Gasteiger partial charge in [-0.05, 0) is 18.8 Å². The Morgan fingerprint density at radius 2 is 2.50 bits per heavy atom. The second-order valence-electron chi connectivity index (χ2n) is 3.76. The average Bonchev–Trinajstić information content (AvgIpc) is 2.59. The van der Waals surface area contributed by atoms with Gasteiger partial charge in [-0.3, -0.25) is 0 Å². The molecule has 1 aliphatic carbocycles. The Morgan fingerprint density at radius 3 is 3.14 bits per heavy atom. The molecule has 0 saturated carbocycles. The summed E-state index contributed by atoms with van der Waals surface area (Å²) in [5.41, 5.74) is 0.925. The highest BCUT2D eigenvalue weighted by Gasteiger charge is 2.27.